The largest absolute Gasteiger partial charge is 0.391 e. The summed E-state index contributed by atoms with van der Waals surface area (Å²) >= 11 is 13.2. The summed E-state index contributed by atoms with van der Waals surface area (Å²) in [6, 6.07) is 6.61. The standard InChI is InChI=1S/C34H40Cl2F4N6O2/c1-32(2,37)30(48)41-18-19-4-9-23(35)28(27(19)36)44-31-43-24-16-22(29(47)42-21-7-5-20(6-8-21)34(38,39)40)25(17-26(24)45(31)3)46-14-12-33(10-11-33)13-15-46/h4,9,16-17,20-21H,5-8,10-15,18H2,1-3H3,(H,41,48)(H,42,47)(H,43,44)/t20-,21-. The van der Waals surface area contributed by atoms with Gasteiger partial charge in [-0.25, -0.2) is 9.37 Å². The molecule has 2 aromatic carbocycles. The van der Waals surface area contributed by atoms with Crippen molar-refractivity contribution in [3.05, 3.63) is 45.4 Å². The van der Waals surface area contributed by atoms with Gasteiger partial charge in [0.2, 0.25) is 5.95 Å². The van der Waals surface area contributed by atoms with Crippen molar-refractivity contribution in [3.63, 3.8) is 0 Å². The quantitative estimate of drug-likeness (QED) is 0.205. The monoisotopic (exact) mass is 710 g/mol. The maximum Gasteiger partial charge on any atom is 0.391 e. The van der Waals surface area contributed by atoms with Gasteiger partial charge in [0.1, 0.15) is 0 Å². The van der Waals surface area contributed by atoms with Gasteiger partial charge in [-0.05, 0) is 94.4 Å². The fourth-order valence-corrected chi connectivity index (χ4v) is 7.39. The van der Waals surface area contributed by atoms with E-state index in [0.29, 0.717) is 38.7 Å². The van der Waals surface area contributed by atoms with Crippen LogP contribution in [0.2, 0.25) is 10.0 Å². The molecule has 2 aliphatic carbocycles. The van der Waals surface area contributed by atoms with E-state index in [-0.39, 0.29) is 49.2 Å². The summed E-state index contributed by atoms with van der Waals surface area (Å²) in [7, 11) is 1.82. The SMILES string of the molecule is Cn1c(Nc2c(Cl)ccc(CNC(=O)C(C)(C)F)c2Cl)nc2cc(C(=O)N[C@H]3CC[C@H](C(F)(F)F)CC3)c(N3CCC4(CC3)CC4)cc21. The van der Waals surface area contributed by atoms with E-state index in [1.54, 1.807) is 18.2 Å². The van der Waals surface area contributed by atoms with Crippen LogP contribution in [0.25, 0.3) is 11.0 Å². The first-order valence-corrected chi connectivity index (χ1v) is 17.1. The summed E-state index contributed by atoms with van der Waals surface area (Å²) in [5.74, 6) is -2.04. The molecule has 3 aliphatic rings. The molecule has 2 amide bonds. The number of piperidine rings is 1. The van der Waals surface area contributed by atoms with Crippen LogP contribution in [0.4, 0.5) is 34.9 Å². The summed E-state index contributed by atoms with van der Waals surface area (Å²) in [4.78, 5) is 32.9. The van der Waals surface area contributed by atoms with Gasteiger partial charge < -0.3 is 25.4 Å². The number of imidazole rings is 1. The molecule has 0 radical (unpaired) electrons. The number of anilines is 3. The molecule has 1 saturated heterocycles. The van der Waals surface area contributed by atoms with Crippen LogP contribution in [0, 0.1) is 11.3 Å². The minimum absolute atomic E-state index is 0.00363. The van der Waals surface area contributed by atoms with Gasteiger partial charge >= 0.3 is 6.18 Å². The van der Waals surface area contributed by atoms with Gasteiger partial charge in [0, 0.05) is 32.7 Å². The number of rotatable bonds is 8. The van der Waals surface area contributed by atoms with Gasteiger partial charge in [-0.3, -0.25) is 9.59 Å². The number of aryl methyl sites for hydroxylation is 1. The number of alkyl halides is 4. The first-order valence-electron chi connectivity index (χ1n) is 16.4. The Morgan fingerprint density at radius 2 is 1.67 bits per heavy atom. The van der Waals surface area contributed by atoms with Gasteiger partial charge in [-0.2, -0.15) is 13.2 Å². The highest BCUT2D eigenvalue weighted by Gasteiger charge is 2.45. The Hall–Kier alpha value is -3.25. The molecule has 260 valence electrons. The number of fused-ring (bicyclic) bond motifs is 1. The van der Waals surface area contributed by atoms with Gasteiger partial charge in [0.25, 0.3) is 11.8 Å². The Kier molecular flexibility index (Phi) is 9.30. The smallest absolute Gasteiger partial charge is 0.371 e. The van der Waals surface area contributed by atoms with E-state index in [1.165, 1.54) is 26.7 Å². The van der Waals surface area contributed by atoms with Gasteiger partial charge in [0.15, 0.2) is 5.67 Å². The van der Waals surface area contributed by atoms with E-state index in [2.05, 4.69) is 20.9 Å². The number of benzene rings is 2. The Balaban J connectivity index is 1.28. The number of halogens is 6. The molecule has 6 rings (SSSR count). The highest BCUT2D eigenvalue weighted by molar-refractivity contribution is 6.39. The Morgan fingerprint density at radius 1 is 1.00 bits per heavy atom. The maximum atomic E-state index is 14.0. The van der Waals surface area contributed by atoms with E-state index in [0.717, 1.165) is 37.1 Å². The van der Waals surface area contributed by atoms with Crippen LogP contribution in [0.5, 0.6) is 0 Å². The molecule has 0 atom stereocenters. The van der Waals surface area contributed by atoms with Crippen molar-refractivity contribution < 1.29 is 27.2 Å². The minimum atomic E-state index is -4.22. The zero-order valence-electron chi connectivity index (χ0n) is 27.2. The molecule has 2 heterocycles. The zero-order chi connectivity index (χ0) is 34.6. The average Bonchev–Trinajstić information content (AvgIpc) is 3.71. The molecule has 2 saturated carbocycles. The lowest BCUT2D eigenvalue weighted by Crippen LogP contribution is -2.41. The molecule has 3 N–H and O–H groups in total. The molecule has 0 bridgehead atoms. The second-order valence-electron chi connectivity index (χ2n) is 14.1. The number of carbonyl (C=O) groups is 2. The number of aromatic nitrogens is 2. The fraction of sp³-hybridized carbons (Fsp3) is 0.559. The Bertz CT molecular complexity index is 1720. The lowest BCUT2D eigenvalue weighted by atomic mass is 9.85. The topological polar surface area (TPSA) is 91.3 Å². The third-order valence-corrected chi connectivity index (χ3v) is 11.0. The predicted octanol–water partition coefficient (Wildman–Crippen LogP) is 8.22. The van der Waals surface area contributed by atoms with Crippen molar-refractivity contribution in [3.8, 4) is 0 Å². The van der Waals surface area contributed by atoms with E-state index in [1.807, 2.05) is 17.7 Å². The van der Waals surface area contributed by atoms with Crippen LogP contribution in [-0.2, 0) is 18.4 Å². The van der Waals surface area contributed by atoms with Crippen LogP contribution in [0.3, 0.4) is 0 Å². The van der Waals surface area contributed by atoms with Crippen molar-refractivity contribution in [2.24, 2.45) is 18.4 Å². The molecule has 48 heavy (non-hydrogen) atoms. The van der Waals surface area contributed by atoms with E-state index < -0.39 is 23.7 Å². The van der Waals surface area contributed by atoms with Crippen molar-refractivity contribution in [1.29, 1.82) is 0 Å². The van der Waals surface area contributed by atoms with E-state index in [9.17, 15) is 27.2 Å². The lowest BCUT2D eigenvalue weighted by molar-refractivity contribution is -0.182. The molecular weight excluding hydrogens is 671 g/mol. The highest BCUT2D eigenvalue weighted by atomic mass is 35.5. The van der Waals surface area contributed by atoms with Crippen molar-refractivity contribution >= 4 is 63.4 Å². The second kappa shape index (κ2) is 12.9. The van der Waals surface area contributed by atoms with Crippen LogP contribution >= 0.6 is 23.2 Å². The van der Waals surface area contributed by atoms with Crippen LogP contribution in [-0.4, -0.2) is 52.3 Å². The highest BCUT2D eigenvalue weighted by Crippen LogP contribution is 2.54. The van der Waals surface area contributed by atoms with E-state index in [4.69, 9.17) is 28.2 Å². The molecule has 1 spiro atoms. The van der Waals surface area contributed by atoms with Crippen molar-refractivity contribution in [1.82, 2.24) is 20.2 Å². The molecule has 1 aliphatic heterocycles. The lowest BCUT2D eigenvalue weighted by Gasteiger charge is -2.35. The molecule has 14 heteroatoms. The summed E-state index contributed by atoms with van der Waals surface area (Å²) in [6.07, 6.45) is 0.870. The minimum Gasteiger partial charge on any atom is -0.371 e. The summed E-state index contributed by atoms with van der Waals surface area (Å²) in [5.41, 5.74) is 1.71. The zero-order valence-corrected chi connectivity index (χ0v) is 28.7. The van der Waals surface area contributed by atoms with Crippen molar-refractivity contribution in [2.45, 2.75) is 89.6 Å². The fourth-order valence-electron chi connectivity index (χ4n) is 6.85. The molecule has 3 aromatic rings. The molecular formula is C34H40Cl2F4N6O2. The first-order chi connectivity index (χ1) is 22.5. The Morgan fingerprint density at radius 3 is 2.27 bits per heavy atom. The summed E-state index contributed by atoms with van der Waals surface area (Å²) < 4.78 is 55.6. The maximum absolute atomic E-state index is 14.0. The summed E-state index contributed by atoms with van der Waals surface area (Å²) in [6.45, 7) is 3.93. The average molecular weight is 712 g/mol. The molecule has 1 aromatic heterocycles. The Labute approximate surface area is 286 Å². The van der Waals surface area contributed by atoms with Crippen LogP contribution in [0.1, 0.15) is 81.1 Å². The van der Waals surface area contributed by atoms with Gasteiger partial charge in [-0.15, -0.1) is 0 Å². The number of amides is 2. The van der Waals surface area contributed by atoms with E-state index >= 15 is 0 Å². The third kappa shape index (κ3) is 7.20. The third-order valence-electron chi connectivity index (χ3n) is 10.3. The number of carbonyl (C=O) groups excluding carboxylic acids is 2. The second-order valence-corrected chi connectivity index (χ2v) is 14.9. The van der Waals surface area contributed by atoms with Gasteiger partial charge in [0.05, 0.1) is 43.9 Å². The molecule has 8 nitrogen and oxygen atoms in total. The number of nitrogens with one attached hydrogen (secondary N) is 3. The van der Waals surface area contributed by atoms with Crippen LogP contribution in [0.15, 0.2) is 24.3 Å². The van der Waals surface area contributed by atoms with Crippen molar-refractivity contribution in [2.75, 3.05) is 23.3 Å². The predicted molar refractivity (Wildman–Crippen MR) is 180 cm³/mol. The molecule has 0 unspecified atom stereocenters. The number of nitrogens with zero attached hydrogens (tertiary/aromatic N) is 3. The summed E-state index contributed by atoms with van der Waals surface area (Å²) in [5, 5.41) is 9.30. The normalized spacial score (nSPS) is 21.0. The van der Waals surface area contributed by atoms with Gasteiger partial charge in [-0.1, -0.05) is 29.3 Å². The number of hydrogen-bond acceptors (Lipinski definition) is 5. The molecule has 3 fully saturated rings. The first kappa shape index (κ1) is 34.6. The number of hydrogen-bond donors (Lipinski definition) is 3. The van der Waals surface area contributed by atoms with Crippen LogP contribution < -0.4 is 20.9 Å².